The Labute approximate surface area is 276 Å². The van der Waals surface area contributed by atoms with Gasteiger partial charge >= 0.3 is 18.0 Å². The third-order valence-corrected chi connectivity index (χ3v) is 7.67. The Morgan fingerprint density at radius 1 is 0.667 bits per heavy atom. The third kappa shape index (κ3) is 8.01. The number of rotatable bonds is 7. The van der Waals surface area contributed by atoms with Crippen molar-refractivity contribution in [2.45, 2.75) is 12.1 Å². The number of fused-ring (bicyclic) bond motifs is 2. The zero-order valence-electron chi connectivity index (χ0n) is 25.7. The summed E-state index contributed by atoms with van der Waals surface area (Å²) < 4.78 is 12.8. The Hall–Kier alpha value is -6.50. The van der Waals surface area contributed by atoms with Gasteiger partial charge in [-0.05, 0) is 59.7 Å². The van der Waals surface area contributed by atoms with Gasteiger partial charge in [-0.1, -0.05) is 48.5 Å². The Balaban J connectivity index is 0.000000188. The molecule has 48 heavy (non-hydrogen) atoms. The Bertz CT molecular complexity index is 1840. The molecule has 0 radical (unpaired) electrons. The lowest BCUT2D eigenvalue weighted by Gasteiger charge is -2.14. The van der Waals surface area contributed by atoms with Gasteiger partial charge in [0.2, 0.25) is 0 Å². The Kier molecular flexibility index (Phi) is 10.4. The fourth-order valence-corrected chi connectivity index (χ4v) is 5.35. The highest BCUT2D eigenvalue weighted by Gasteiger charge is 2.26. The van der Waals surface area contributed by atoms with E-state index in [1.807, 2.05) is 48.5 Å². The van der Waals surface area contributed by atoms with Crippen LogP contribution in [0.5, 0.6) is 0 Å². The molecule has 12 nitrogen and oxygen atoms in total. The third-order valence-electron chi connectivity index (χ3n) is 7.67. The van der Waals surface area contributed by atoms with Crippen LogP contribution >= 0.6 is 0 Å². The molecule has 2 aliphatic heterocycles. The highest BCUT2D eigenvalue weighted by atomic mass is 19.1. The SMILES string of the molecule is N/C=C1\NC(CNC(=O)Nc2ccc(C(=O)O)cc2)c2ccccc21.N/C=C1\NC(CNC(=O)Nc2ccc(F)cc2)c2ccccc21. The monoisotopic (exact) mass is 650 g/mol. The van der Waals surface area contributed by atoms with Gasteiger partial charge in [-0.15, -0.1) is 0 Å². The first-order chi connectivity index (χ1) is 23.2. The van der Waals surface area contributed by atoms with Crippen molar-refractivity contribution in [3.63, 3.8) is 0 Å². The zero-order chi connectivity index (χ0) is 34.0. The van der Waals surface area contributed by atoms with Gasteiger partial charge in [0.1, 0.15) is 5.82 Å². The van der Waals surface area contributed by atoms with Gasteiger partial charge in [0.05, 0.1) is 29.0 Å². The van der Waals surface area contributed by atoms with Gasteiger partial charge in [-0.3, -0.25) is 0 Å². The number of carbonyl (C=O) groups is 3. The summed E-state index contributed by atoms with van der Waals surface area (Å²) in [5, 5.41) is 26.3. The summed E-state index contributed by atoms with van der Waals surface area (Å²) in [5.41, 5.74) is 18.4. The predicted octanol–water partition coefficient (Wildman–Crippen LogP) is 4.66. The molecule has 0 aromatic heterocycles. The van der Waals surface area contributed by atoms with E-state index in [2.05, 4.69) is 31.9 Å². The number of benzene rings is 4. The fraction of sp³-hybridized carbons (Fsp3) is 0.114. The molecule has 0 aliphatic carbocycles. The van der Waals surface area contributed by atoms with Crippen LogP contribution in [0.4, 0.5) is 25.4 Å². The van der Waals surface area contributed by atoms with Crippen molar-refractivity contribution in [3.8, 4) is 0 Å². The van der Waals surface area contributed by atoms with E-state index in [0.29, 0.717) is 24.5 Å². The second-order valence-electron chi connectivity index (χ2n) is 10.8. The van der Waals surface area contributed by atoms with Crippen molar-refractivity contribution in [3.05, 3.63) is 143 Å². The summed E-state index contributed by atoms with van der Waals surface area (Å²) in [7, 11) is 0. The van der Waals surface area contributed by atoms with Gasteiger partial charge in [0.25, 0.3) is 0 Å². The molecule has 0 saturated carbocycles. The molecular formula is C35H35FN8O4. The number of hydrogen-bond acceptors (Lipinski definition) is 7. The minimum absolute atomic E-state index is 0.0417. The summed E-state index contributed by atoms with van der Waals surface area (Å²) in [6.07, 6.45) is 3.04. The van der Waals surface area contributed by atoms with Crippen LogP contribution in [0.15, 0.2) is 109 Å². The molecule has 2 heterocycles. The minimum atomic E-state index is -1.01. The second-order valence-corrected chi connectivity index (χ2v) is 10.8. The van der Waals surface area contributed by atoms with E-state index in [-0.39, 0.29) is 35.5 Å². The molecule has 0 saturated heterocycles. The highest BCUT2D eigenvalue weighted by molar-refractivity contribution is 5.92. The van der Waals surface area contributed by atoms with Gasteiger partial charge in [0, 0.05) is 48.0 Å². The maximum absolute atomic E-state index is 12.8. The molecule has 2 atom stereocenters. The van der Waals surface area contributed by atoms with Crippen molar-refractivity contribution in [1.29, 1.82) is 0 Å². The van der Waals surface area contributed by atoms with Gasteiger partial charge in [-0.2, -0.15) is 0 Å². The number of nitrogens with one attached hydrogen (secondary N) is 6. The van der Waals surface area contributed by atoms with Gasteiger partial charge < -0.3 is 48.5 Å². The lowest BCUT2D eigenvalue weighted by Crippen LogP contribution is -2.34. The number of nitrogens with two attached hydrogens (primary N) is 2. The summed E-state index contributed by atoms with van der Waals surface area (Å²) in [6, 6.07) is 26.5. The van der Waals surface area contributed by atoms with E-state index in [1.54, 1.807) is 12.1 Å². The maximum atomic E-state index is 12.8. The lowest BCUT2D eigenvalue weighted by molar-refractivity contribution is 0.0697. The normalized spacial score (nSPS) is 17.1. The van der Waals surface area contributed by atoms with E-state index < -0.39 is 5.97 Å². The fourth-order valence-electron chi connectivity index (χ4n) is 5.35. The van der Waals surface area contributed by atoms with Crippen molar-refractivity contribution in [2.75, 3.05) is 23.7 Å². The summed E-state index contributed by atoms with van der Waals surface area (Å²) in [4.78, 5) is 34.8. The number of amides is 4. The molecule has 4 amide bonds. The Morgan fingerprint density at radius 2 is 1.08 bits per heavy atom. The Morgan fingerprint density at radius 3 is 1.50 bits per heavy atom. The molecule has 246 valence electrons. The lowest BCUT2D eigenvalue weighted by atomic mass is 10.0. The van der Waals surface area contributed by atoms with Crippen LogP contribution in [0.2, 0.25) is 0 Å². The van der Waals surface area contributed by atoms with Crippen LogP contribution in [0.1, 0.15) is 44.7 Å². The van der Waals surface area contributed by atoms with Gasteiger partial charge in [0.15, 0.2) is 0 Å². The first-order valence-corrected chi connectivity index (χ1v) is 15.0. The quantitative estimate of drug-likeness (QED) is 0.138. The average molecular weight is 651 g/mol. The van der Waals surface area contributed by atoms with Crippen molar-refractivity contribution >= 4 is 40.8 Å². The van der Waals surface area contributed by atoms with Crippen LogP contribution in [-0.2, 0) is 0 Å². The van der Waals surface area contributed by atoms with E-state index in [1.165, 1.54) is 48.8 Å². The summed E-state index contributed by atoms with van der Waals surface area (Å²) in [6.45, 7) is 0.786. The molecule has 4 aromatic rings. The first kappa shape index (κ1) is 32.9. The summed E-state index contributed by atoms with van der Waals surface area (Å²) >= 11 is 0. The molecule has 0 fully saturated rings. The average Bonchev–Trinajstić information content (AvgIpc) is 3.66. The van der Waals surface area contributed by atoms with E-state index in [0.717, 1.165) is 33.6 Å². The number of anilines is 2. The van der Waals surface area contributed by atoms with E-state index >= 15 is 0 Å². The molecule has 6 rings (SSSR count). The standard InChI is InChI=1S/C18H18N4O3.C17H17FN4O/c19-9-15-13-3-1-2-4-14(13)16(22-15)10-20-18(25)21-12-7-5-11(6-8-12)17(23)24;18-11-5-7-12(8-6-11)21-17(23)20-10-16-14-4-2-1-3-13(14)15(9-19)22-16/h1-9,16,22H,10,19H2,(H,23,24)(H2,20,21,25);1-9,16,22H,10,19H2,(H2,20,21,23)/b2*15-9-. The molecule has 0 spiro atoms. The van der Waals surface area contributed by atoms with Crippen LogP contribution in [-0.4, -0.2) is 36.2 Å². The summed E-state index contributed by atoms with van der Waals surface area (Å²) in [5.74, 6) is -1.35. The largest absolute Gasteiger partial charge is 0.478 e. The zero-order valence-corrected chi connectivity index (χ0v) is 25.7. The number of aromatic carboxylic acids is 1. The minimum Gasteiger partial charge on any atom is -0.478 e. The molecule has 2 unspecified atom stereocenters. The van der Waals surface area contributed by atoms with Crippen molar-refractivity contribution < 1.29 is 23.9 Å². The number of hydrogen-bond donors (Lipinski definition) is 9. The number of carboxylic acids is 1. The number of carboxylic acid groups (broad SMARTS) is 1. The molecule has 13 heteroatoms. The molecule has 0 bridgehead atoms. The molecule has 4 aromatic carbocycles. The first-order valence-electron chi connectivity index (χ1n) is 15.0. The molecule has 2 aliphatic rings. The van der Waals surface area contributed by atoms with Crippen LogP contribution in [0.25, 0.3) is 11.4 Å². The topological polar surface area (TPSA) is 196 Å². The molecule has 11 N–H and O–H groups in total. The van der Waals surface area contributed by atoms with Crippen molar-refractivity contribution in [2.24, 2.45) is 11.5 Å². The van der Waals surface area contributed by atoms with E-state index in [4.69, 9.17) is 16.6 Å². The maximum Gasteiger partial charge on any atom is 0.335 e. The van der Waals surface area contributed by atoms with Crippen LogP contribution in [0.3, 0.4) is 0 Å². The van der Waals surface area contributed by atoms with Crippen molar-refractivity contribution in [1.82, 2.24) is 21.3 Å². The highest BCUT2D eigenvalue weighted by Crippen LogP contribution is 2.32. The smallest absolute Gasteiger partial charge is 0.335 e. The van der Waals surface area contributed by atoms with Gasteiger partial charge in [-0.25, -0.2) is 18.8 Å². The second kappa shape index (κ2) is 15.2. The van der Waals surface area contributed by atoms with E-state index in [9.17, 15) is 18.8 Å². The predicted molar refractivity (Wildman–Crippen MR) is 183 cm³/mol. The van der Waals surface area contributed by atoms with Crippen LogP contribution in [0, 0.1) is 5.82 Å². The van der Waals surface area contributed by atoms with Crippen LogP contribution < -0.4 is 43.4 Å². The molecular weight excluding hydrogens is 615 g/mol. The number of urea groups is 2. The number of carbonyl (C=O) groups excluding carboxylic acids is 2. The number of halogens is 1.